The molecule has 2 aliphatic rings. The molecule has 0 radical (unpaired) electrons. The van der Waals surface area contributed by atoms with Crippen LogP contribution in [0.3, 0.4) is 0 Å². The van der Waals surface area contributed by atoms with Gasteiger partial charge in [-0.3, -0.25) is 0 Å². The van der Waals surface area contributed by atoms with Crippen LogP contribution in [0.15, 0.2) is 0 Å². The van der Waals surface area contributed by atoms with Crippen LogP contribution in [0.4, 0.5) is 0 Å². The lowest BCUT2D eigenvalue weighted by Gasteiger charge is -2.33. The van der Waals surface area contributed by atoms with E-state index >= 15 is 0 Å². The molecule has 0 amide bonds. The number of rotatable bonds is 5. The quantitative estimate of drug-likeness (QED) is 0.754. The predicted octanol–water partition coefficient (Wildman–Crippen LogP) is 3.42. The Morgan fingerprint density at radius 1 is 0.944 bits per heavy atom. The molecule has 0 spiro atoms. The first kappa shape index (κ1) is 14.3. The van der Waals surface area contributed by atoms with Gasteiger partial charge >= 0.3 is 0 Å². The van der Waals surface area contributed by atoms with Gasteiger partial charge in [0.15, 0.2) is 0 Å². The Morgan fingerprint density at radius 2 is 1.50 bits per heavy atom. The summed E-state index contributed by atoms with van der Waals surface area (Å²) in [6.45, 7) is 1.26. The maximum atomic E-state index is 3.59. The van der Waals surface area contributed by atoms with Crippen LogP contribution in [-0.2, 0) is 0 Å². The number of nitrogens with one attached hydrogen (secondary N) is 1. The van der Waals surface area contributed by atoms with Gasteiger partial charge in [-0.25, -0.2) is 0 Å². The second-order valence-corrected chi connectivity index (χ2v) is 6.52. The lowest BCUT2D eigenvalue weighted by molar-refractivity contribution is 0.179. The van der Waals surface area contributed by atoms with Crippen LogP contribution in [0.25, 0.3) is 0 Å². The Kier molecular flexibility index (Phi) is 5.97. The Hall–Kier alpha value is -0.0800. The number of hydrogen-bond acceptors (Lipinski definition) is 2. The normalized spacial score (nSPS) is 25.5. The van der Waals surface area contributed by atoms with Crippen molar-refractivity contribution in [3.05, 3.63) is 0 Å². The van der Waals surface area contributed by atoms with Crippen LogP contribution in [-0.4, -0.2) is 37.6 Å². The van der Waals surface area contributed by atoms with Crippen molar-refractivity contribution < 1.29 is 0 Å². The van der Waals surface area contributed by atoms with Gasteiger partial charge in [-0.05, 0) is 45.7 Å². The summed E-state index contributed by atoms with van der Waals surface area (Å²) >= 11 is 0. The minimum absolute atomic E-state index is 0.723. The monoisotopic (exact) mass is 252 g/mol. The van der Waals surface area contributed by atoms with Crippen LogP contribution in [0.2, 0.25) is 0 Å². The summed E-state index contributed by atoms with van der Waals surface area (Å²) < 4.78 is 0. The summed E-state index contributed by atoms with van der Waals surface area (Å²) in [5.74, 6) is 0.934. The topological polar surface area (TPSA) is 15.3 Å². The zero-order valence-electron chi connectivity index (χ0n) is 12.5. The third-order valence-corrected chi connectivity index (χ3v) is 5.27. The van der Waals surface area contributed by atoms with E-state index in [0.29, 0.717) is 0 Å². The molecule has 2 fully saturated rings. The lowest BCUT2D eigenvalue weighted by Crippen LogP contribution is -2.45. The summed E-state index contributed by atoms with van der Waals surface area (Å²) in [5.41, 5.74) is 0. The van der Waals surface area contributed by atoms with E-state index in [1.807, 2.05) is 0 Å². The number of nitrogens with zero attached hydrogens (tertiary/aromatic N) is 1. The molecule has 2 aliphatic carbocycles. The summed E-state index contributed by atoms with van der Waals surface area (Å²) in [4.78, 5) is 2.66. The van der Waals surface area contributed by atoms with E-state index in [9.17, 15) is 0 Å². The molecular weight excluding hydrogens is 220 g/mol. The molecule has 0 heterocycles. The number of hydrogen-bond donors (Lipinski definition) is 1. The molecule has 0 aromatic heterocycles. The molecule has 0 bridgehead atoms. The molecule has 2 saturated carbocycles. The fraction of sp³-hybridized carbons (Fsp3) is 1.00. The van der Waals surface area contributed by atoms with Crippen LogP contribution in [0.1, 0.15) is 64.2 Å². The summed E-state index contributed by atoms with van der Waals surface area (Å²) in [7, 11) is 4.51. The van der Waals surface area contributed by atoms with Crippen molar-refractivity contribution in [2.24, 2.45) is 5.92 Å². The van der Waals surface area contributed by atoms with Gasteiger partial charge in [0.05, 0.1) is 0 Å². The van der Waals surface area contributed by atoms with Gasteiger partial charge in [-0.1, -0.05) is 38.5 Å². The third-order valence-electron chi connectivity index (χ3n) is 5.27. The van der Waals surface area contributed by atoms with E-state index in [4.69, 9.17) is 0 Å². The van der Waals surface area contributed by atoms with Gasteiger partial charge in [0, 0.05) is 18.6 Å². The zero-order chi connectivity index (χ0) is 12.8. The van der Waals surface area contributed by atoms with E-state index < -0.39 is 0 Å². The maximum Gasteiger partial charge on any atom is 0.0220 e. The van der Waals surface area contributed by atoms with Crippen molar-refractivity contribution in [1.29, 1.82) is 0 Å². The SMILES string of the molecule is CNC(CN(C)C1CCCCCC1)C1CCCC1. The van der Waals surface area contributed by atoms with E-state index in [2.05, 4.69) is 24.3 Å². The predicted molar refractivity (Wildman–Crippen MR) is 78.9 cm³/mol. The molecule has 18 heavy (non-hydrogen) atoms. The van der Waals surface area contributed by atoms with E-state index in [0.717, 1.165) is 18.0 Å². The van der Waals surface area contributed by atoms with Gasteiger partial charge in [-0.2, -0.15) is 0 Å². The highest BCUT2D eigenvalue weighted by atomic mass is 15.2. The van der Waals surface area contributed by atoms with Crippen LogP contribution in [0, 0.1) is 5.92 Å². The highest BCUT2D eigenvalue weighted by Gasteiger charge is 2.26. The molecule has 1 unspecified atom stereocenters. The molecular formula is C16H32N2. The smallest absolute Gasteiger partial charge is 0.0220 e. The standard InChI is InChI=1S/C16H32N2/c1-17-16(14-9-7-8-10-14)13-18(2)15-11-5-3-4-6-12-15/h14-17H,3-13H2,1-2H3. The molecule has 2 heteroatoms. The van der Waals surface area contributed by atoms with Crippen molar-refractivity contribution in [2.45, 2.75) is 76.3 Å². The first-order valence-electron chi connectivity index (χ1n) is 8.18. The summed E-state index contributed by atoms with van der Waals surface area (Å²) in [6.07, 6.45) is 14.5. The van der Waals surface area contributed by atoms with Crippen molar-refractivity contribution in [3.63, 3.8) is 0 Å². The second kappa shape index (κ2) is 7.49. The van der Waals surface area contributed by atoms with Gasteiger partial charge in [0.25, 0.3) is 0 Å². The Labute approximate surface area is 114 Å². The van der Waals surface area contributed by atoms with Crippen LogP contribution in [0.5, 0.6) is 0 Å². The molecule has 1 atom stereocenters. The molecule has 106 valence electrons. The van der Waals surface area contributed by atoms with Crippen LogP contribution >= 0.6 is 0 Å². The maximum absolute atomic E-state index is 3.59. The second-order valence-electron chi connectivity index (χ2n) is 6.52. The van der Waals surface area contributed by atoms with Gasteiger partial charge in [0.1, 0.15) is 0 Å². The van der Waals surface area contributed by atoms with E-state index in [1.54, 1.807) is 0 Å². The van der Waals surface area contributed by atoms with Crippen molar-refractivity contribution in [2.75, 3.05) is 20.6 Å². The van der Waals surface area contributed by atoms with Crippen molar-refractivity contribution >= 4 is 0 Å². The minimum Gasteiger partial charge on any atom is -0.315 e. The van der Waals surface area contributed by atoms with Gasteiger partial charge in [0.2, 0.25) is 0 Å². The first-order valence-corrected chi connectivity index (χ1v) is 8.18. The molecule has 0 aromatic rings. The minimum atomic E-state index is 0.723. The molecule has 2 rings (SSSR count). The van der Waals surface area contributed by atoms with Crippen molar-refractivity contribution in [1.82, 2.24) is 10.2 Å². The third kappa shape index (κ3) is 3.96. The fourth-order valence-electron chi connectivity index (χ4n) is 3.99. The lowest BCUT2D eigenvalue weighted by atomic mass is 9.96. The highest BCUT2D eigenvalue weighted by molar-refractivity contribution is 4.84. The molecule has 0 aromatic carbocycles. The average Bonchev–Trinajstić information content (AvgIpc) is 2.77. The average molecular weight is 252 g/mol. The molecule has 1 N–H and O–H groups in total. The summed E-state index contributed by atoms with van der Waals surface area (Å²) in [6, 6.07) is 1.57. The zero-order valence-corrected chi connectivity index (χ0v) is 12.5. The van der Waals surface area contributed by atoms with Crippen molar-refractivity contribution in [3.8, 4) is 0 Å². The fourth-order valence-corrected chi connectivity index (χ4v) is 3.99. The van der Waals surface area contributed by atoms with Crippen LogP contribution < -0.4 is 5.32 Å². The molecule has 2 nitrogen and oxygen atoms in total. The largest absolute Gasteiger partial charge is 0.315 e. The van der Waals surface area contributed by atoms with Gasteiger partial charge in [-0.15, -0.1) is 0 Å². The van der Waals surface area contributed by atoms with Gasteiger partial charge < -0.3 is 10.2 Å². The molecule has 0 aliphatic heterocycles. The Morgan fingerprint density at radius 3 is 2.06 bits per heavy atom. The summed E-state index contributed by atoms with van der Waals surface area (Å²) in [5, 5.41) is 3.59. The Bertz CT molecular complexity index is 215. The van der Waals surface area contributed by atoms with E-state index in [1.165, 1.54) is 70.8 Å². The highest BCUT2D eigenvalue weighted by Crippen LogP contribution is 2.29. The first-order chi connectivity index (χ1) is 8.81. The molecule has 0 saturated heterocycles. The van der Waals surface area contributed by atoms with E-state index in [-0.39, 0.29) is 0 Å². The Balaban J connectivity index is 1.81. The number of likely N-dealkylation sites (N-methyl/N-ethyl adjacent to an activating group) is 2.